The molecule has 8 heteroatoms. The number of nitrogens with two attached hydrogens (primary N) is 1. The number of aromatic nitrogens is 1. The van der Waals surface area contributed by atoms with Crippen LogP contribution in [0.3, 0.4) is 0 Å². The van der Waals surface area contributed by atoms with E-state index in [2.05, 4.69) is 9.88 Å². The van der Waals surface area contributed by atoms with Gasteiger partial charge in [-0.05, 0) is 26.0 Å². The van der Waals surface area contributed by atoms with Crippen molar-refractivity contribution in [1.29, 1.82) is 0 Å². The molecule has 1 aromatic heterocycles. The molecule has 108 valence electrons. The third kappa shape index (κ3) is 2.55. The zero-order valence-corrected chi connectivity index (χ0v) is 12.1. The van der Waals surface area contributed by atoms with Gasteiger partial charge in [0.15, 0.2) is 10.7 Å². The van der Waals surface area contributed by atoms with Gasteiger partial charge in [-0.25, -0.2) is 8.42 Å². The Morgan fingerprint density at radius 1 is 1.35 bits per heavy atom. The minimum atomic E-state index is -3.77. The van der Waals surface area contributed by atoms with E-state index >= 15 is 0 Å². The molecule has 0 aliphatic carbocycles. The summed E-state index contributed by atoms with van der Waals surface area (Å²) in [5.41, 5.74) is 6.75. The van der Waals surface area contributed by atoms with Crippen molar-refractivity contribution in [2.75, 3.05) is 17.6 Å². The van der Waals surface area contributed by atoms with Gasteiger partial charge < -0.3 is 15.0 Å². The average molecular weight is 297 g/mol. The van der Waals surface area contributed by atoms with Gasteiger partial charge in [-0.2, -0.15) is 0 Å². The second-order valence-corrected chi connectivity index (χ2v) is 5.83. The topological polar surface area (TPSA) is 107 Å². The van der Waals surface area contributed by atoms with E-state index in [0.29, 0.717) is 22.8 Å². The van der Waals surface area contributed by atoms with Crippen LogP contribution >= 0.6 is 0 Å². The van der Waals surface area contributed by atoms with Crippen LogP contribution in [-0.2, 0) is 10.0 Å². The molecule has 0 radical (unpaired) electrons. The smallest absolute Gasteiger partial charge is 0.267 e. The molecular weight excluding hydrogens is 282 g/mol. The fourth-order valence-electron chi connectivity index (χ4n) is 1.84. The number of nitrogens with one attached hydrogen (secondary N) is 1. The molecule has 20 heavy (non-hydrogen) atoms. The molecule has 0 atom stereocenters. The van der Waals surface area contributed by atoms with Crippen molar-refractivity contribution in [2.24, 2.45) is 0 Å². The molecule has 0 aliphatic heterocycles. The first-order chi connectivity index (χ1) is 9.35. The minimum absolute atomic E-state index is 0.0355. The maximum atomic E-state index is 12.3. The summed E-state index contributed by atoms with van der Waals surface area (Å²) in [6.45, 7) is 3.10. The molecule has 3 N–H and O–H groups in total. The summed E-state index contributed by atoms with van der Waals surface area (Å²) in [5, 5.41) is 3.63. The number of hydrogen-bond donors (Lipinski definition) is 2. The van der Waals surface area contributed by atoms with Crippen LogP contribution in [0.25, 0.3) is 0 Å². The van der Waals surface area contributed by atoms with Gasteiger partial charge in [0.05, 0.1) is 18.5 Å². The van der Waals surface area contributed by atoms with E-state index in [-0.39, 0.29) is 10.7 Å². The number of hydrogen-bond acceptors (Lipinski definition) is 6. The average Bonchev–Trinajstić information content (AvgIpc) is 2.71. The largest absolute Gasteiger partial charge is 0.495 e. The second kappa shape index (κ2) is 5.04. The van der Waals surface area contributed by atoms with E-state index in [1.807, 2.05) is 0 Å². The van der Waals surface area contributed by atoms with Crippen LogP contribution in [0, 0.1) is 13.8 Å². The molecule has 2 aromatic rings. The van der Waals surface area contributed by atoms with Crippen LogP contribution in [0.5, 0.6) is 5.75 Å². The fourth-order valence-corrected chi connectivity index (χ4v) is 3.22. The van der Waals surface area contributed by atoms with Gasteiger partial charge in [0.1, 0.15) is 11.4 Å². The van der Waals surface area contributed by atoms with Crippen LogP contribution in [0.4, 0.5) is 11.4 Å². The van der Waals surface area contributed by atoms with Gasteiger partial charge in [-0.3, -0.25) is 4.72 Å². The zero-order valence-electron chi connectivity index (χ0n) is 11.3. The van der Waals surface area contributed by atoms with E-state index in [1.165, 1.54) is 20.1 Å². The van der Waals surface area contributed by atoms with Crippen LogP contribution in [0.2, 0.25) is 0 Å². The highest BCUT2D eigenvalue weighted by Gasteiger charge is 2.24. The normalized spacial score (nSPS) is 11.3. The Balaban J connectivity index is 2.39. The summed E-state index contributed by atoms with van der Waals surface area (Å²) in [5.74, 6) is 0.626. The number of ether oxygens (including phenoxy) is 1. The quantitative estimate of drug-likeness (QED) is 0.831. The molecule has 0 saturated carbocycles. The van der Waals surface area contributed by atoms with Crippen LogP contribution in [-0.4, -0.2) is 20.7 Å². The molecule has 0 aliphatic rings. The first kappa shape index (κ1) is 14.2. The standard InChI is InChI=1S/C12H15N3O4S/c1-7-12(8(2)19-14-7)20(16,17)15-9-4-5-10(13)11(6-9)18-3/h4-6,15H,13H2,1-3H3. The molecule has 1 aromatic carbocycles. The van der Waals surface area contributed by atoms with Crippen LogP contribution in [0.15, 0.2) is 27.6 Å². The Morgan fingerprint density at radius 3 is 2.60 bits per heavy atom. The number of benzene rings is 1. The fraction of sp³-hybridized carbons (Fsp3) is 0.250. The number of sulfonamides is 1. The van der Waals surface area contributed by atoms with Crippen molar-refractivity contribution < 1.29 is 17.7 Å². The molecule has 0 fully saturated rings. The highest BCUT2D eigenvalue weighted by Crippen LogP contribution is 2.28. The summed E-state index contributed by atoms with van der Waals surface area (Å²) in [6.07, 6.45) is 0. The maximum Gasteiger partial charge on any atom is 0.267 e. The lowest BCUT2D eigenvalue weighted by atomic mass is 10.2. The highest BCUT2D eigenvalue weighted by atomic mass is 32.2. The minimum Gasteiger partial charge on any atom is -0.495 e. The lowest BCUT2D eigenvalue weighted by molar-refractivity contribution is 0.390. The summed E-state index contributed by atoms with van der Waals surface area (Å²) in [7, 11) is -2.32. The third-order valence-corrected chi connectivity index (χ3v) is 4.35. The van der Waals surface area contributed by atoms with Crippen LogP contribution < -0.4 is 15.2 Å². The Kier molecular flexibility index (Phi) is 3.58. The van der Waals surface area contributed by atoms with E-state index in [4.69, 9.17) is 15.0 Å². The van der Waals surface area contributed by atoms with Gasteiger partial charge in [0, 0.05) is 6.07 Å². The summed E-state index contributed by atoms with van der Waals surface area (Å²) < 4.78 is 37.0. The third-order valence-electron chi connectivity index (χ3n) is 2.72. The van der Waals surface area contributed by atoms with Gasteiger partial charge in [-0.1, -0.05) is 5.16 Å². The van der Waals surface area contributed by atoms with Gasteiger partial charge >= 0.3 is 0 Å². The number of aryl methyl sites for hydroxylation is 2. The molecule has 0 spiro atoms. The molecule has 0 amide bonds. The van der Waals surface area contributed by atoms with E-state index < -0.39 is 10.0 Å². The van der Waals surface area contributed by atoms with E-state index in [1.54, 1.807) is 19.1 Å². The molecule has 0 bridgehead atoms. The van der Waals surface area contributed by atoms with E-state index in [0.717, 1.165) is 0 Å². The molecule has 0 unspecified atom stereocenters. The maximum absolute atomic E-state index is 12.3. The van der Waals surface area contributed by atoms with Gasteiger partial charge in [0.2, 0.25) is 0 Å². The number of rotatable bonds is 4. The number of methoxy groups -OCH3 is 1. The molecule has 1 heterocycles. The summed E-state index contributed by atoms with van der Waals surface area (Å²) in [6, 6.07) is 4.61. The highest BCUT2D eigenvalue weighted by molar-refractivity contribution is 7.92. The first-order valence-corrected chi connectivity index (χ1v) is 7.22. The van der Waals surface area contributed by atoms with Crippen molar-refractivity contribution in [3.63, 3.8) is 0 Å². The predicted molar refractivity (Wildman–Crippen MR) is 74.2 cm³/mol. The van der Waals surface area contributed by atoms with Crippen molar-refractivity contribution in [1.82, 2.24) is 5.16 Å². The SMILES string of the molecule is COc1cc(NS(=O)(=O)c2c(C)noc2C)ccc1N. The van der Waals surface area contributed by atoms with E-state index in [9.17, 15) is 8.42 Å². The molecular formula is C12H15N3O4S. The summed E-state index contributed by atoms with van der Waals surface area (Å²) in [4.78, 5) is 0.0355. The number of anilines is 2. The Labute approximate surface area is 116 Å². The molecule has 7 nitrogen and oxygen atoms in total. The van der Waals surface area contributed by atoms with Crippen molar-refractivity contribution in [3.8, 4) is 5.75 Å². The molecule has 0 saturated heterocycles. The molecule has 2 rings (SSSR count). The van der Waals surface area contributed by atoms with Crippen molar-refractivity contribution >= 4 is 21.4 Å². The van der Waals surface area contributed by atoms with Crippen LogP contribution in [0.1, 0.15) is 11.5 Å². The Morgan fingerprint density at radius 2 is 2.05 bits per heavy atom. The number of nitrogens with zero attached hydrogens (tertiary/aromatic N) is 1. The van der Waals surface area contributed by atoms with Crippen molar-refractivity contribution in [2.45, 2.75) is 18.7 Å². The second-order valence-electron chi connectivity index (χ2n) is 4.22. The Hall–Kier alpha value is -2.22. The predicted octanol–water partition coefficient (Wildman–Crippen LogP) is 1.68. The summed E-state index contributed by atoms with van der Waals surface area (Å²) >= 11 is 0. The van der Waals surface area contributed by atoms with Gasteiger partial charge in [-0.15, -0.1) is 0 Å². The lowest BCUT2D eigenvalue weighted by Gasteiger charge is -2.10. The lowest BCUT2D eigenvalue weighted by Crippen LogP contribution is -2.14. The number of nitrogen functional groups attached to an aromatic ring is 1. The monoisotopic (exact) mass is 297 g/mol. The van der Waals surface area contributed by atoms with Crippen molar-refractivity contribution in [3.05, 3.63) is 29.7 Å². The zero-order chi connectivity index (χ0) is 14.9. The van der Waals surface area contributed by atoms with Gasteiger partial charge in [0.25, 0.3) is 10.0 Å². The first-order valence-electron chi connectivity index (χ1n) is 5.74. The Bertz CT molecular complexity index is 718.